The van der Waals surface area contributed by atoms with Gasteiger partial charge in [-0.05, 0) is 35.0 Å². The van der Waals surface area contributed by atoms with Gasteiger partial charge in [0.15, 0.2) is 0 Å². The van der Waals surface area contributed by atoms with Crippen molar-refractivity contribution in [2.45, 2.75) is 19.8 Å². The number of nitriles is 1. The summed E-state index contributed by atoms with van der Waals surface area (Å²) in [6, 6.07) is 6.04. The van der Waals surface area contributed by atoms with Crippen LogP contribution in [-0.4, -0.2) is 11.2 Å². The van der Waals surface area contributed by atoms with Gasteiger partial charge in [0.2, 0.25) is 0 Å². The molecule has 0 fully saturated rings. The van der Waals surface area contributed by atoms with Gasteiger partial charge in [0.1, 0.15) is 18.5 Å². The number of hydrogen-bond donors (Lipinski definition) is 0. The van der Waals surface area contributed by atoms with E-state index in [9.17, 15) is 18.4 Å². The second-order valence-electron chi connectivity index (χ2n) is 4.67. The van der Waals surface area contributed by atoms with E-state index >= 15 is 0 Å². The normalized spacial score (nSPS) is 11.6. The summed E-state index contributed by atoms with van der Waals surface area (Å²) in [6.07, 6.45) is -4.72. The maximum absolute atomic E-state index is 13.5. The quantitative estimate of drug-likeness (QED) is 0.574. The van der Waals surface area contributed by atoms with Gasteiger partial charge in [-0.25, -0.2) is 0 Å². The van der Waals surface area contributed by atoms with Gasteiger partial charge in [0.25, 0.3) is 0 Å². The zero-order chi connectivity index (χ0) is 18.1. The fourth-order valence-electron chi connectivity index (χ4n) is 2.22. The highest BCUT2D eigenvalue weighted by atomic mass is 79.9. The van der Waals surface area contributed by atoms with Crippen molar-refractivity contribution >= 4 is 39.1 Å². The number of halogens is 6. The summed E-state index contributed by atoms with van der Waals surface area (Å²) in [5, 5.41) is 9.66. The molecule has 1 aromatic carbocycles. The largest absolute Gasteiger partial charge is 0.432 e. The highest BCUT2D eigenvalue weighted by Crippen LogP contribution is 2.43. The van der Waals surface area contributed by atoms with Crippen molar-refractivity contribution in [3.63, 3.8) is 0 Å². The Morgan fingerprint density at radius 3 is 2.46 bits per heavy atom. The molecule has 0 radical (unpaired) electrons. The molecule has 0 aliphatic carbocycles. The summed E-state index contributed by atoms with van der Waals surface area (Å²) < 4.78 is 46.5. The van der Waals surface area contributed by atoms with Crippen LogP contribution in [0, 0.1) is 11.3 Å². The summed E-state index contributed by atoms with van der Waals surface area (Å²) in [7, 11) is 0. The van der Waals surface area contributed by atoms with Crippen LogP contribution in [0.25, 0.3) is 11.3 Å². The van der Waals surface area contributed by atoms with Crippen LogP contribution in [0.15, 0.2) is 22.7 Å². The number of hydrogen-bond acceptors (Lipinski definition) is 2. The number of ether oxygens (including phenoxy) is 1. The maximum atomic E-state index is 13.5. The summed E-state index contributed by atoms with van der Waals surface area (Å²) >= 11 is 14.9. The Kier molecular flexibility index (Phi) is 5.87. The zero-order valence-corrected chi connectivity index (χ0v) is 15.3. The fraction of sp³-hybridized carbons (Fsp3) is 0.267. The molecular weight excluding hydrogens is 432 g/mol. The molecule has 0 aliphatic heterocycles. The average Bonchev–Trinajstić information content (AvgIpc) is 2.79. The van der Waals surface area contributed by atoms with E-state index < -0.39 is 17.4 Å². The van der Waals surface area contributed by atoms with Crippen LogP contribution in [0.5, 0.6) is 0 Å². The maximum Gasteiger partial charge on any atom is 0.432 e. The molecule has 1 heterocycles. The van der Waals surface area contributed by atoms with Gasteiger partial charge >= 0.3 is 6.18 Å². The smallest absolute Gasteiger partial charge is 0.361 e. The first-order chi connectivity index (χ1) is 11.2. The lowest BCUT2D eigenvalue weighted by atomic mass is 10.1. The van der Waals surface area contributed by atoms with Crippen LogP contribution >= 0.6 is 39.1 Å². The van der Waals surface area contributed by atoms with Crippen molar-refractivity contribution in [1.29, 1.82) is 5.26 Å². The van der Waals surface area contributed by atoms with Crippen LogP contribution in [0.1, 0.15) is 18.2 Å². The third kappa shape index (κ3) is 3.57. The minimum absolute atomic E-state index is 0.0235. The summed E-state index contributed by atoms with van der Waals surface area (Å²) in [5.41, 5.74) is -1.07. The predicted octanol–water partition coefficient (Wildman–Crippen LogP) is 6.11. The van der Waals surface area contributed by atoms with Gasteiger partial charge in [-0.3, -0.25) is 0 Å². The molecule has 1 aromatic heterocycles. The van der Waals surface area contributed by atoms with Crippen LogP contribution in [-0.2, 0) is 17.6 Å². The molecule has 0 spiro atoms. The standard InChI is InChI=1S/C15H10BrCl2F3N2O/c1-2-24-7-23-13(8-3-4-10(17)11(18)5-8)12(16)9(6-22)14(23)15(19,20)21/h3-5H,2,7H2,1H3. The molecule has 0 amide bonds. The SMILES string of the molecule is CCOCn1c(-c2ccc(Cl)c(Cl)c2)c(Br)c(C#N)c1C(F)(F)F. The molecule has 0 atom stereocenters. The molecular formula is C15H10BrCl2F3N2O. The minimum Gasteiger partial charge on any atom is -0.361 e. The highest BCUT2D eigenvalue weighted by molar-refractivity contribution is 9.10. The molecule has 128 valence electrons. The monoisotopic (exact) mass is 440 g/mol. The van der Waals surface area contributed by atoms with Crippen molar-refractivity contribution in [2.24, 2.45) is 0 Å². The van der Waals surface area contributed by atoms with Crippen LogP contribution in [0.3, 0.4) is 0 Å². The van der Waals surface area contributed by atoms with Gasteiger partial charge in [0, 0.05) is 12.2 Å². The lowest BCUT2D eigenvalue weighted by Gasteiger charge is -2.15. The Morgan fingerprint density at radius 2 is 1.96 bits per heavy atom. The fourth-order valence-corrected chi connectivity index (χ4v) is 3.24. The molecule has 2 aromatic rings. The molecule has 0 N–H and O–H groups in total. The molecule has 0 bridgehead atoms. The third-order valence-electron chi connectivity index (χ3n) is 3.20. The Hall–Kier alpha value is -1.20. The molecule has 0 saturated carbocycles. The highest BCUT2D eigenvalue weighted by Gasteiger charge is 2.41. The van der Waals surface area contributed by atoms with E-state index in [0.717, 1.165) is 4.57 Å². The lowest BCUT2D eigenvalue weighted by Crippen LogP contribution is -2.17. The van der Waals surface area contributed by atoms with Gasteiger partial charge in [0.05, 0.1) is 25.8 Å². The lowest BCUT2D eigenvalue weighted by molar-refractivity contribution is -0.145. The van der Waals surface area contributed by atoms with Gasteiger partial charge in [-0.15, -0.1) is 0 Å². The Balaban J connectivity index is 2.81. The summed E-state index contributed by atoms with van der Waals surface area (Å²) in [6.45, 7) is 1.52. The van der Waals surface area contributed by atoms with Gasteiger partial charge in [-0.1, -0.05) is 29.3 Å². The number of rotatable bonds is 4. The second kappa shape index (κ2) is 7.36. The Morgan fingerprint density at radius 1 is 1.29 bits per heavy atom. The van der Waals surface area contributed by atoms with Crippen molar-refractivity contribution in [3.05, 3.63) is 44.0 Å². The van der Waals surface area contributed by atoms with Crippen molar-refractivity contribution in [1.82, 2.24) is 4.57 Å². The van der Waals surface area contributed by atoms with Gasteiger partial charge < -0.3 is 9.30 Å². The van der Waals surface area contributed by atoms with E-state index in [0.29, 0.717) is 5.56 Å². The Labute approximate surface area is 154 Å². The van der Waals surface area contributed by atoms with E-state index in [4.69, 9.17) is 27.9 Å². The minimum atomic E-state index is -4.72. The molecule has 9 heteroatoms. The molecule has 0 saturated heterocycles. The molecule has 0 aliphatic rings. The molecule has 2 rings (SSSR count). The third-order valence-corrected chi connectivity index (χ3v) is 4.71. The Bertz CT molecular complexity index is 813. The van der Waals surface area contributed by atoms with E-state index in [1.54, 1.807) is 13.0 Å². The molecule has 0 unspecified atom stereocenters. The van der Waals surface area contributed by atoms with E-state index in [1.165, 1.54) is 18.2 Å². The predicted molar refractivity (Wildman–Crippen MR) is 88.9 cm³/mol. The van der Waals surface area contributed by atoms with E-state index in [-0.39, 0.29) is 33.5 Å². The number of benzene rings is 1. The summed E-state index contributed by atoms with van der Waals surface area (Å²) in [4.78, 5) is 0. The van der Waals surface area contributed by atoms with Crippen LogP contribution in [0.2, 0.25) is 10.0 Å². The first-order valence-electron chi connectivity index (χ1n) is 6.64. The van der Waals surface area contributed by atoms with Crippen LogP contribution in [0.4, 0.5) is 13.2 Å². The zero-order valence-electron chi connectivity index (χ0n) is 12.2. The number of alkyl halides is 3. The number of nitrogens with zero attached hydrogens (tertiary/aromatic N) is 2. The summed E-state index contributed by atoms with van der Waals surface area (Å²) in [5.74, 6) is 0. The first-order valence-corrected chi connectivity index (χ1v) is 8.19. The second-order valence-corrected chi connectivity index (χ2v) is 6.28. The van der Waals surface area contributed by atoms with Gasteiger partial charge in [-0.2, -0.15) is 18.4 Å². The molecule has 24 heavy (non-hydrogen) atoms. The van der Waals surface area contributed by atoms with Crippen LogP contribution < -0.4 is 0 Å². The van der Waals surface area contributed by atoms with Crippen molar-refractivity contribution < 1.29 is 17.9 Å². The average molecular weight is 442 g/mol. The first kappa shape index (κ1) is 19.1. The molecule has 3 nitrogen and oxygen atoms in total. The van der Waals surface area contributed by atoms with Crippen molar-refractivity contribution in [2.75, 3.05) is 6.61 Å². The van der Waals surface area contributed by atoms with E-state index in [2.05, 4.69) is 15.9 Å². The van der Waals surface area contributed by atoms with E-state index in [1.807, 2.05) is 0 Å². The van der Waals surface area contributed by atoms with Crippen molar-refractivity contribution in [3.8, 4) is 17.3 Å². The number of aromatic nitrogens is 1. The topological polar surface area (TPSA) is 38.0 Å².